The van der Waals surface area contributed by atoms with E-state index in [1.807, 2.05) is 49.4 Å². The van der Waals surface area contributed by atoms with Crippen LogP contribution in [0.2, 0.25) is 0 Å². The van der Waals surface area contributed by atoms with Crippen LogP contribution in [0.3, 0.4) is 0 Å². The second-order valence-corrected chi connectivity index (χ2v) is 8.20. The number of hydrogen-bond donors (Lipinski definition) is 3. The Kier molecular flexibility index (Phi) is 7.33. The van der Waals surface area contributed by atoms with Crippen LogP contribution in [0.25, 0.3) is 0 Å². The molecule has 2 aromatic rings. The summed E-state index contributed by atoms with van der Waals surface area (Å²) in [5, 5.41) is 8.98. The maximum Gasteiger partial charge on any atom is 0.243 e. The molecule has 0 saturated heterocycles. The average molecular weight is 410 g/mol. The number of rotatable bonds is 10. The molecule has 3 N–H and O–H groups in total. The molecule has 1 fully saturated rings. The van der Waals surface area contributed by atoms with E-state index in [1.165, 1.54) is 0 Å². The Morgan fingerprint density at radius 1 is 1.03 bits per heavy atom. The maximum atomic E-state index is 12.4. The number of anilines is 3. The first-order chi connectivity index (χ1) is 14.4. The lowest BCUT2D eigenvalue weighted by Crippen LogP contribution is -2.22. The van der Waals surface area contributed by atoms with Gasteiger partial charge in [0.15, 0.2) is 0 Å². The molecule has 0 bridgehead atoms. The fraction of sp³-hybridized carbons (Fsp3) is 0.417. The molecule has 160 valence electrons. The second-order valence-electron chi connectivity index (χ2n) is 8.20. The van der Waals surface area contributed by atoms with Gasteiger partial charge in [0.2, 0.25) is 11.8 Å². The zero-order chi connectivity index (χ0) is 21.5. The molecule has 6 nitrogen and oxygen atoms in total. The highest BCUT2D eigenvalue weighted by atomic mass is 16.5. The molecule has 0 heterocycles. The van der Waals surface area contributed by atoms with Gasteiger partial charge in [0.05, 0.1) is 13.2 Å². The van der Waals surface area contributed by atoms with Gasteiger partial charge in [-0.3, -0.25) is 9.59 Å². The molecule has 1 saturated carbocycles. The molecular weight excluding hydrogens is 378 g/mol. The predicted octanol–water partition coefficient (Wildman–Crippen LogP) is 4.82. The van der Waals surface area contributed by atoms with Gasteiger partial charge in [-0.1, -0.05) is 19.9 Å². The van der Waals surface area contributed by atoms with E-state index in [1.54, 1.807) is 0 Å². The van der Waals surface area contributed by atoms with E-state index in [-0.39, 0.29) is 24.3 Å². The van der Waals surface area contributed by atoms with Crippen LogP contribution in [0.15, 0.2) is 42.5 Å². The van der Waals surface area contributed by atoms with Crippen LogP contribution in [0, 0.1) is 18.8 Å². The van der Waals surface area contributed by atoms with Crippen molar-refractivity contribution in [2.24, 2.45) is 11.8 Å². The van der Waals surface area contributed by atoms with E-state index in [0.717, 1.165) is 42.0 Å². The second kappa shape index (κ2) is 10.1. The third-order valence-corrected chi connectivity index (χ3v) is 5.09. The van der Waals surface area contributed by atoms with E-state index in [0.29, 0.717) is 18.2 Å². The molecule has 1 aliphatic rings. The van der Waals surface area contributed by atoms with Crippen molar-refractivity contribution in [2.75, 3.05) is 29.1 Å². The van der Waals surface area contributed by atoms with Crippen LogP contribution in [0.5, 0.6) is 5.75 Å². The highest BCUT2D eigenvalue weighted by Gasteiger charge is 2.29. The van der Waals surface area contributed by atoms with Crippen LogP contribution in [-0.4, -0.2) is 25.0 Å². The molecule has 0 unspecified atom stereocenters. The van der Waals surface area contributed by atoms with Crippen molar-refractivity contribution < 1.29 is 14.3 Å². The summed E-state index contributed by atoms with van der Waals surface area (Å²) in [5.41, 5.74) is 3.14. The minimum atomic E-state index is -0.152. The largest absolute Gasteiger partial charge is 0.494 e. The average Bonchev–Trinajstić information content (AvgIpc) is 3.55. The Morgan fingerprint density at radius 3 is 2.33 bits per heavy atom. The quantitative estimate of drug-likeness (QED) is 0.526. The third-order valence-electron chi connectivity index (χ3n) is 5.09. The first-order valence-electron chi connectivity index (χ1n) is 10.6. The van der Waals surface area contributed by atoms with Gasteiger partial charge < -0.3 is 20.7 Å². The van der Waals surface area contributed by atoms with Gasteiger partial charge in [-0.25, -0.2) is 0 Å². The summed E-state index contributed by atoms with van der Waals surface area (Å²) in [6.45, 7) is 7.08. The van der Waals surface area contributed by atoms with Gasteiger partial charge in [-0.15, -0.1) is 0 Å². The summed E-state index contributed by atoms with van der Waals surface area (Å²) >= 11 is 0. The zero-order valence-electron chi connectivity index (χ0n) is 18.0. The lowest BCUT2D eigenvalue weighted by Gasteiger charge is -2.14. The molecule has 2 amide bonds. The number of nitrogens with one attached hydrogen (secondary N) is 3. The molecule has 3 rings (SSSR count). The monoisotopic (exact) mass is 409 g/mol. The van der Waals surface area contributed by atoms with Gasteiger partial charge in [-0.05, 0) is 74.1 Å². The topological polar surface area (TPSA) is 79.5 Å². The van der Waals surface area contributed by atoms with Crippen molar-refractivity contribution in [1.29, 1.82) is 0 Å². The number of carbonyl (C=O) groups excluding carboxylic acids is 2. The molecule has 1 aliphatic carbocycles. The Morgan fingerprint density at radius 2 is 1.70 bits per heavy atom. The van der Waals surface area contributed by atoms with E-state index in [2.05, 4.69) is 29.8 Å². The smallest absolute Gasteiger partial charge is 0.243 e. The molecular formula is C24H31N3O3. The maximum absolute atomic E-state index is 12.4. The Hall–Kier alpha value is -3.02. The van der Waals surface area contributed by atoms with Crippen molar-refractivity contribution in [3.05, 3.63) is 48.0 Å². The summed E-state index contributed by atoms with van der Waals surface area (Å²) in [4.78, 5) is 24.4. The lowest BCUT2D eigenvalue weighted by molar-refractivity contribution is -0.117. The number of ether oxygens (including phenoxy) is 1. The normalized spacial score (nSPS) is 13.1. The number of benzene rings is 2. The highest BCUT2D eigenvalue weighted by Crippen LogP contribution is 2.31. The van der Waals surface area contributed by atoms with Gasteiger partial charge in [-0.2, -0.15) is 0 Å². The van der Waals surface area contributed by atoms with Crippen molar-refractivity contribution in [3.8, 4) is 5.75 Å². The van der Waals surface area contributed by atoms with E-state index >= 15 is 0 Å². The lowest BCUT2D eigenvalue weighted by atomic mass is 10.1. The number of carbonyl (C=O) groups is 2. The molecule has 2 aromatic carbocycles. The van der Waals surface area contributed by atoms with Crippen LogP contribution >= 0.6 is 0 Å². The first kappa shape index (κ1) is 21.7. The van der Waals surface area contributed by atoms with E-state index in [9.17, 15) is 9.59 Å². The van der Waals surface area contributed by atoms with Gasteiger partial charge >= 0.3 is 0 Å². The number of hydrogen-bond acceptors (Lipinski definition) is 4. The minimum absolute atomic E-state index is 0.0554. The van der Waals surface area contributed by atoms with Crippen LogP contribution in [-0.2, 0) is 9.59 Å². The van der Waals surface area contributed by atoms with Gasteiger partial charge in [0, 0.05) is 23.0 Å². The van der Waals surface area contributed by atoms with Crippen LogP contribution in [0.4, 0.5) is 17.1 Å². The van der Waals surface area contributed by atoms with Gasteiger partial charge in [0.25, 0.3) is 0 Å². The summed E-state index contributed by atoms with van der Waals surface area (Å²) in [7, 11) is 0. The standard InChI is InChI=1S/C24H31N3O3/c1-16(2)13-14-30-20-11-9-19(10-12-20)25-15-23(28)26-21-5-4-6-22(17(21)3)27-24(29)18-7-8-18/h4-6,9-12,16,18,25H,7-8,13-15H2,1-3H3,(H,26,28)(H,27,29). The van der Waals surface area contributed by atoms with Crippen molar-refractivity contribution in [2.45, 2.75) is 40.0 Å². The zero-order valence-corrected chi connectivity index (χ0v) is 18.0. The Bertz CT molecular complexity index is 874. The fourth-order valence-corrected chi connectivity index (χ4v) is 2.95. The minimum Gasteiger partial charge on any atom is -0.494 e. The Labute approximate surface area is 178 Å². The predicted molar refractivity (Wildman–Crippen MR) is 121 cm³/mol. The van der Waals surface area contributed by atoms with Crippen molar-refractivity contribution in [1.82, 2.24) is 0 Å². The van der Waals surface area contributed by atoms with Crippen LogP contribution < -0.4 is 20.7 Å². The summed E-state index contributed by atoms with van der Waals surface area (Å²) in [6, 6.07) is 13.1. The molecule has 0 atom stereocenters. The van der Waals surface area contributed by atoms with Crippen molar-refractivity contribution in [3.63, 3.8) is 0 Å². The van der Waals surface area contributed by atoms with E-state index < -0.39 is 0 Å². The molecule has 30 heavy (non-hydrogen) atoms. The SMILES string of the molecule is Cc1c(NC(=O)CNc2ccc(OCCC(C)C)cc2)cccc1NC(=O)C1CC1. The van der Waals surface area contributed by atoms with Crippen LogP contribution in [0.1, 0.15) is 38.7 Å². The highest BCUT2D eigenvalue weighted by molar-refractivity contribution is 5.98. The first-order valence-corrected chi connectivity index (χ1v) is 10.6. The molecule has 0 radical (unpaired) electrons. The fourth-order valence-electron chi connectivity index (χ4n) is 2.95. The molecule has 6 heteroatoms. The van der Waals surface area contributed by atoms with Crippen molar-refractivity contribution >= 4 is 28.9 Å². The summed E-state index contributed by atoms with van der Waals surface area (Å²) in [6.07, 6.45) is 2.93. The summed E-state index contributed by atoms with van der Waals surface area (Å²) in [5.74, 6) is 1.48. The summed E-state index contributed by atoms with van der Waals surface area (Å²) < 4.78 is 5.71. The Balaban J connectivity index is 1.48. The van der Waals surface area contributed by atoms with Gasteiger partial charge in [0.1, 0.15) is 5.75 Å². The third kappa shape index (κ3) is 6.51. The molecule has 0 aromatic heterocycles. The molecule has 0 aliphatic heterocycles. The number of amides is 2. The van der Waals surface area contributed by atoms with E-state index in [4.69, 9.17) is 4.74 Å². The molecule has 0 spiro atoms.